The molecule has 1 unspecified atom stereocenters. The molecule has 0 saturated heterocycles. The van der Waals surface area contributed by atoms with Crippen LogP contribution in [-0.4, -0.2) is 25.4 Å². The maximum absolute atomic E-state index is 11.2. The van der Waals surface area contributed by atoms with Gasteiger partial charge in [-0.2, -0.15) is 4.91 Å². The number of nitrogens with zero attached hydrogens (tertiary/aromatic N) is 4. The first-order valence-electron chi connectivity index (χ1n) is 9.52. The van der Waals surface area contributed by atoms with Crippen molar-refractivity contribution in [3.8, 4) is 11.3 Å². The molecule has 5 rings (SSSR count). The van der Waals surface area contributed by atoms with Gasteiger partial charge in [-0.25, -0.2) is 9.78 Å². The van der Waals surface area contributed by atoms with Gasteiger partial charge in [0.05, 0.1) is 11.8 Å². The fourth-order valence-electron chi connectivity index (χ4n) is 3.92. The predicted molar refractivity (Wildman–Crippen MR) is 112 cm³/mol. The summed E-state index contributed by atoms with van der Waals surface area (Å²) in [5.41, 5.74) is 5.35. The number of nitrogens with one attached hydrogen (secondary N) is 1. The van der Waals surface area contributed by atoms with Crippen LogP contribution in [0.2, 0.25) is 0 Å². The lowest BCUT2D eigenvalue weighted by Crippen LogP contribution is -1.99. The molecule has 0 fully saturated rings. The number of aryl methyl sites for hydroxylation is 1. The molecule has 2 aromatic heterocycles. The predicted octanol–water partition coefficient (Wildman–Crippen LogP) is 4.59. The van der Waals surface area contributed by atoms with Gasteiger partial charge in [0.2, 0.25) is 0 Å². The van der Waals surface area contributed by atoms with Crippen LogP contribution in [0, 0.1) is 4.91 Å². The molecule has 148 valence electrons. The molecule has 0 saturated carbocycles. The Morgan fingerprint density at radius 3 is 2.80 bits per heavy atom. The highest BCUT2D eigenvalue weighted by molar-refractivity contribution is 5.89. The topological polar surface area (TPSA) is 109 Å². The van der Waals surface area contributed by atoms with Gasteiger partial charge in [0.15, 0.2) is 5.65 Å². The lowest BCUT2D eigenvalue weighted by molar-refractivity contribution is 0.0697. The van der Waals surface area contributed by atoms with Crippen LogP contribution in [0.4, 0.5) is 11.5 Å². The molecule has 2 heterocycles. The molecule has 2 N–H and O–H groups in total. The minimum atomic E-state index is -0.972. The third-order valence-corrected chi connectivity index (χ3v) is 5.41. The van der Waals surface area contributed by atoms with Crippen LogP contribution >= 0.6 is 0 Å². The standard InChI is InChI=1S/C22H17N5O3/c28-22(29)14-3-1-13(2-4-14)20-21(27-10-9-23-12-19(27)25-20)24-16-6-7-17-15(11-16)5-8-18(17)26-30/h1-4,6-7,9-12,18,24H,5,8H2,(H,28,29). The number of fused-ring (bicyclic) bond motifs is 2. The zero-order valence-electron chi connectivity index (χ0n) is 15.8. The molecule has 2 aromatic carbocycles. The van der Waals surface area contributed by atoms with Crippen molar-refractivity contribution in [3.05, 3.63) is 82.7 Å². The van der Waals surface area contributed by atoms with E-state index in [9.17, 15) is 9.70 Å². The van der Waals surface area contributed by atoms with Gasteiger partial charge >= 0.3 is 5.97 Å². The number of anilines is 2. The highest BCUT2D eigenvalue weighted by atomic mass is 16.4. The highest BCUT2D eigenvalue weighted by Crippen LogP contribution is 2.37. The van der Waals surface area contributed by atoms with Gasteiger partial charge in [-0.1, -0.05) is 23.4 Å². The largest absolute Gasteiger partial charge is 0.478 e. The number of carboxylic acid groups (broad SMARTS) is 1. The van der Waals surface area contributed by atoms with Crippen molar-refractivity contribution < 1.29 is 9.90 Å². The summed E-state index contributed by atoms with van der Waals surface area (Å²) in [6.45, 7) is 0. The van der Waals surface area contributed by atoms with E-state index < -0.39 is 5.97 Å². The van der Waals surface area contributed by atoms with Crippen LogP contribution in [0.5, 0.6) is 0 Å². The number of aromatic nitrogens is 3. The van der Waals surface area contributed by atoms with Crippen molar-refractivity contribution in [2.45, 2.75) is 18.9 Å². The Balaban J connectivity index is 1.58. The summed E-state index contributed by atoms with van der Waals surface area (Å²) >= 11 is 0. The summed E-state index contributed by atoms with van der Waals surface area (Å²) in [4.78, 5) is 31.0. The smallest absolute Gasteiger partial charge is 0.335 e. The van der Waals surface area contributed by atoms with Crippen molar-refractivity contribution in [3.63, 3.8) is 0 Å². The van der Waals surface area contributed by atoms with Gasteiger partial charge in [-0.3, -0.25) is 9.38 Å². The molecule has 4 aromatic rings. The second kappa shape index (κ2) is 7.07. The number of hydrogen-bond donors (Lipinski definition) is 2. The molecule has 0 spiro atoms. The Kier molecular flexibility index (Phi) is 4.24. The first-order valence-corrected chi connectivity index (χ1v) is 9.52. The minimum absolute atomic E-state index is 0.218. The van der Waals surface area contributed by atoms with Crippen molar-refractivity contribution >= 4 is 23.1 Å². The Hall–Kier alpha value is -4.07. The van der Waals surface area contributed by atoms with Gasteiger partial charge < -0.3 is 10.4 Å². The molecule has 0 radical (unpaired) electrons. The highest BCUT2D eigenvalue weighted by Gasteiger charge is 2.23. The molecular weight excluding hydrogens is 382 g/mol. The average molecular weight is 399 g/mol. The quantitative estimate of drug-likeness (QED) is 0.475. The van der Waals surface area contributed by atoms with Crippen LogP contribution in [0.25, 0.3) is 16.9 Å². The van der Waals surface area contributed by atoms with Gasteiger partial charge in [-0.15, -0.1) is 0 Å². The van der Waals surface area contributed by atoms with Gasteiger partial charge in [-0.05, 0) is 48.2 Å². The van der Waals surface area contributed by atoms with E-state index in [0.29, 0.717) is 11.3 Å². The number of aromatic carboxylic acids is 1. The van der Waals surface area contributed by atoms with E-state index >= 15 is 0 Å². The Labute approximate surface area is 171 Å². The van der Waals surface area contributed by atoms with E-state index in [0.717, 1.165) is 41.0 Å². The Bertz CT molecular complexity index is 1280. The molecule has 1 aliphatic rings. The van der Waals surface area contributed by atoms with E-state index in [1.165, 1.54) is 0 Å². The first kappa shape index (κ1) is 18.0. The zero-order valence-corrected chi connectivity index (χ0v) is 15.8. The summed E-state index contributed by atoms with van der Waals surface area (Å²) in [5, 5.41) is 15.8. The molecular formula is C22H17N5O3. The van der Waals surface area contributed by atoms with E-state index in [4.69, 9.17) is 5.11 Å². The number of rotatable bonds is 5. The second-order valence-electron chi connectivity index (χ2n) is 7.19. The fourth-order valence-corrected chi connectivity index (χ4v) is 3.92. The zero-order chi connectivity index (χ0) is 20.7. The lowest BCUT2D eigenvalue weighted by Gasteiger charge is -2.11. The number of carbonyl (C=O) groups is 1. The van der Waals surface area contributed by atoms with Crippen LogP contribution in [0.1, 0.15) is 33.9 Å². The Morgan fingerprint density at radius 2 is 2.03 bits per heavy atom. The van der Waals surface area contributed by atoms with Gasteiger partial charge in [0, 0.05) is 23.6 Å². The fraction of sp³-hybridized carbons (Fsp3) is 0.136. The molecule has 1 atom stereocenters. The van der Waals surface area contributed by atoms with Crippen molar-refractivity contribution in [2.24, 2.45) is 5.18 Å². The molecule has 8 nitrogen and oxygen atoms in total. The molecule has 0 amide bonds. The van der Waals surface area contributed by atoms with Crippen LogP contribution in [0.15, 0.2) is 66.2 Å². The van der Waals surface area contributed by atoms with Crippen LogP contribution in [-0.2, 0) is 6.42 Å². The SMILES string of the molecule is O=NC1CCc2cc(Nc3c(-c4ccc(C(=O)O)cc4)nc4cnccn34)ccc21. The van der Waals surface area contributed by atoms with Gasteiger partial charge in [0.1, 0.15) is 17.6 Å². The van der Waals surface area contributed by atoms with E-state index in [-0.39, 0.29) is 11.6 Å². The van der Waals surface area contributed by atoms with Crippen molar-refractivity contribution in [2.75, 3.05) is 5.32 Å². The maximum atomic E-state index is 11.2. The molecule has 8 heteroatoms. The maximum Gasteiger partial charge on any atom is 0.335 e. The minimum Gasteiger partial charge on any atom is -0.478 e. The van der Waals surface area contributed by atoms with Crippen molar-refractivity contribution in [1.29, 1.82) is 0 Å². The average Bonchev–Trinajstić information content (AvgIpc) is 3.35. The summed E-state index contributed by atoms with van der Waals surface area (Å²) in [7, 11) is 0. The lowest BCUT2D eigenvalue weighted by atomic mass is 10.1. The van der Waals surface area contributed by atoms with Crippen molar-refractivity contribution in [1.82, 2.24) is 14.4 Å². The molecule has 0 aliphatic heterocycles. The first-order chi connectivity index (χ1) is 14.6. The summed E-state index contributed by atoms with van der Waals surface area (Å²) in [6, 6.07) is 12.3. The third-order valence-electron chi connectivity index (χ3n) is 5.41. The number of hydrogen-bond acceptors (Lipinski definition) is 6. The summed E-state index contributed by atoms with van der Waals surface area (Å²) < 4.78 is 1.90. The summed E-state index contributed by atoms with van der Waals surface area (Å²) in [6.07, 6.45) is 6.73. The van der Waals surface area contributed by atoms with Crippen LogP contribution < -0.4 is 5.32 Å². The van der Waals surface area contributed by atoms with E-state index in [1.807, 2.05) is 28.8 Å². The third kappa shape index (κ3) is 2.98. The number of imidazole rings is 1. The number of benzene rings is 2. The number of nitroso groups, excluding NO2 is 1. The van der Waals surface area contributed by atoms with E-state index in [1.54, 1.807) is 36.7 Å². The molecule has 1 aliphatic carbocycles. The summed E-state index contributed by atoms with van der Waals surface area (Å²) in [5.74, 6) is -0.223. The second-order valence-corrected chi connectivity index (χ2v) is 7.19. The van der Waals surface area contributed by atoms with Gasteiger partial charge in [0.25, 0.3) is 0 Å². The monoisotopic (exact) mass is 399 g/mol. The Morgan fingerprint density at radius 1 is 1.20 bits per heavy atom. The molecule has 30 heavy (non-hydrogen) atoms. The number of carboxylic acids is 1. The molecule has 0 bridgehead atoms. The normalized spacial score (nSPS) is 15.1. The van der Waals surface area contributed by atoms with Crippen LogP contribution in [0.3, 0.4) is 0 Å². The van der Waals surface area contributed by atoms with E-state index in [2.05, 4.69) is 20.5 Å².